The molecule has 1 N–H and O–H groups in total. The van der Waals surface area contributed by atoms with E-state index in [0.717, 1.165) is 17.8 Å². The number of piperidine rings is 1. The number of thiazole rings is 1. The van der Waals surface area contributed by atoms with Crippen LogP contribution in [0.4, 0.5) is 0 Å². The average molecular weight is 347 g/mol. The lowest BCUT2D eigenvalue weighted by Crippen LogP contribution is -2.43. The van der Waals surface area contributed by atoms with E-state index in [4.69, 9.17) is 11.6 Å². The Labute approximate surface area is 132 Å². The predicted octanol–water partition coefficient (Wildman–Crippen LogP) is 2.26. The smallest absolute Gasteiger partial charge is 0.246 e. The lowest BCUT2D eigenvalue weighted by atomic mass is 9.82. The Balaban J connectivity index is 1.76. The molecule has 3 rings (SSSR count). The summed E-state index contributed by atoms with van der Waals surface area (Å²) in [6.45, 7) is 3.06. The molecule has 1 fully saturated rings. The number of aromatic nitrogens is 3. The van der Waals surface area contributed by atoms with Crippen molar-refractivity contribution in [1.82, 2.24) is 19.5 Å². The molecule has 0 radical (unpaired) electrons. The van der Waals surface area contributed by atoms with Gasteiger partial charge >= 0.3 is 0 Å². The average Bonchev–Trinajstić information content (AvgIpc) is 3.10. The SMILES string of the molecule is CC1(c2ncc(Cl)s2)CCN(S(=O)(=O)c2cn[nH]c2)CC1. The fourth-order valence-corrected chi connectivity index (χ4v) is 4.96. The Kier molecular flexibility index (Phi) is 3.81. The van der Waals surface area contributed by atoms with Gasteiger partial charge in [0.2, 0.25) is 10.0 Å². The van der Waals surface area contributed by atoms with Crippen LogP contribution in [0.25, 0.3) is 0 Å². The first kappa shape index (κ1) is 15.0. The number of halogens is 1. The maximum Gasteiger partial charge on any atom is 0.246 e. The molecule has 0 atom stereocenters. The van der Waals surface area contributed by atoms with Crippen LogP contribution in [-0.4, -0.2) is 41.0 Å². The molecule has 6 nitrogen and oxygen atoms in total. The molecule has 0 unspecified atom stereocenters. The van der Waals surface area contributed by atoms with Gasteiger partial charge in [-0.3, -0.25) is 5.10 Å². The summed E-state index contributed by atoms with van der Waals surface area (Å²) < 4.78 is 27.0. The minimum Gasteiger partial charge on any atom is -0.284 e. The van der Waals surface area contributed by atoms with Gasteiger partial charge in [-0.2, -0.15) is 9.40 Å². The molecular formula is C12H15ClN4O2S2. The molecule has 3 heterocycles. The van der Waals surface area contributed by atoms with Gasteiger partial charge < -0.3 is 0 Å². The van der Waals surface area contributed by atoms with E-state index < -0.39 is 10.0 Å². The second-order valence-electron chi connectivity index (χ2n) is 5.37. The molecule has 2 aromatic rings. The standard InChI is InChI=1S/C12H15ClN4O2S2/c1-12(11-14-8-10(13)20-11)2-4-17(5-3-12)21(18,19)9-6-15-16-7-9/h6-8H,2-5H2,1H3,(H,15,16). The Morgan fingerprint density at radius 3 is 2.62 bits per heavy atom. The first-order chi connectivity index (χ1) is 9.92. The summed E-state index contributed by atoms with van der Waals surface area (Å²) in [5, 5.41) is 7.23. The van der Waals surface area contributed by atoms with Gasteiger partial charge in [0, 0.05) is 24.7 Å². The highest BCUT2D eigenvalue weighted by atomic mass is 35.5. The number of sulfonamides is 1. The maximum atomic E-state index is 12.4. The zero-order valence-corrected chi connectivity index (χ0v) is 13.8. The number of H-pyrrole nitrogens is 1. The molecule has 1 aliphatic heterocycles. The first-order valence-electron chi connectivity index (χ1n) is 6.53. The van der Waals surface area contributed by atoms with Crippen molar-refractivity contribution in [2.24, 2.45) is 0 Å². The second kappa shape index (κ2) is 5.35. The van der Waals surface area contributed by atoms with E-state index in [-0.39, 0.29) is 10.3 Å². The van der Waals surface area contributed by atoms with Crippen molar-refractivity contribution in [1.29, 1.82) is 0 Å². The fraction of sp³-hybridized carbons (Fsp3) is 0.500. The van der Waals surface area contributed by atoms with E-state index >= 15 is 0 Å². The molecule has 114 valence electrons. The van der Waals surface area contributed by atoms with Crippen molar-refractivity contribution in [3.05, 3.63) is 27.9 Å². The highest BCUT2D eigenvalue weighted by Crippen LogP contribution is 2.39. The van der Waals surface area contributed by atoms with Crippen molar-refractivity contribution in [2.75, 3.05) is 13.1 Å². The van der Waals surface area contributed by atoms with E-state index in [9.17, 15) is 8.42 Å². The van der Waals surface area contributed by atoms with Crippen molar-refractivity contribution in [2.45, 2.75) is 30.1 Å². The summed E-state index contributed by atoms with van der Waals surface area (Å²) in [4.78, 5) is 4.56. The molecule has 0 spiro atoms. The minimum absolute atomic E-state index is 0.111. The molecule has 9 heteroatoms. The van der Waals surface area contributed by atoms with Gasteiger partial charge in [0.25, 0.3) is 0 Å². The van der Waals surface area contributed by atoms with E-state index in [1.807, 2.05) is 0 Å². The van der Waals surface area contributed by atoms with E-state index in [2.05, 4.69) is 22.1 Å². The zero-order chi connectivity index (χ0) is 15.1. The van der Waals surface area contributed by atoms with Crippen molar-refractivity contribution in [3.63, 3.8) is 0 Å². The molecule has 1 aliphatic rings. The van der Waals surface area contributed by atoms with Crippen LogP contribution < -0.4 is 0 Å². The highest BCUT2D eigenvalue weighted by Gasteiger charge is 2.38. The van der Waals surface area contributed by atoms with Gasteiger partial charge in [0.15, 0.2) is 0 Å². The quantitative estimate of drug-likeness (QED) is 0.924. The second-order valence-corrected chi connectivity index (χ2v) is 8.97. The van der Waals surface area contributed by atoms with Crippen molar-refractivity contribution >= 4 is 33.0 Å². The van der Waals surface area contributed by atoms with Gasteiger partial charge in [0.05, 0.1) is 17.4 Å². The highest BCUT2D eigenvalue weighted by molar-refractivity contribution is 7.89. The predicted molar refractivity (Wildman–Crippen MR) is 81.1 cm³/mol. The number of aromatic amines is 1. The summed E-state index contributed by atoms with van der Waals surface area (Å²) in [6, 6.07) is 0. The summed E-state index contributed by atoms with van der Waals surface area (Å²) in [5.74, 6) is 0. The van der Waals surface area contributed by atoms with Gasteiger partial charge in [-0.25, -0.2) is 13.4 Å². The van der Waals surface area contributed by atoms with E-state index in [1.165, 1.54) is 28.0 Å². The molecular weight excluding hydrogens is 332 g/mol. The van der Waals surface area contributed by atoms with Crippen LogP contribution in [0.1, 0.15) is 24.8 Å². The molecule has 0 bridgehead atoms. The Morgan fingerprint density at radius 2 is 2.10 bits per heavy atom. The van der Waals surface area contributed by atoms with E-state index in [0.29, 0.717) is 17.4 Å². The van der Waals surface area contributed by atoms with Crippen LogP contribution in [0.3, 0.4) is 0 Å². The van der Waals surface area contributed by atoms with Gasteiger partial charge in [-0.05, 0) is 12.8 Å². The summed E-state index contributed by atoms with van der Waals surface area (Å²) in [6.07, 6.45) is 5.86. The molecule has 0 saturated carbocycles. The van der Waals surface area contributed by atoms with Gasteiger partial charge in [-0.1, -0.05) is 18.5 Å². The van der Waals surface area contributed by atoms with Crippen LogP contribution >= 0.6 is 22.9 Å². The van der Waals surface area contributed by atoms with Crippen LogP contribution in [0, 0.1) is 0 Å². The van der Waals surface area contributed by atoms with Crippen LogP contribution in [0.5, 0.6) is 0 Å². The van der Waals surface area contributed by atoms with E-state index in [1.54, 1.807) is 6.20 Å². The Bertz CT molecular complexity index is 718. The van der Waals surface area contributed by atoms with Crippen LogP contribution in [-0.2, 0) is 15.4 Å². The summed E-state index contributed by atoms with van der Waals surface area (Å²) >= 11 is 7.42. The molecule has 0 aliphatic carbocycles. The van der Waals surface area contributed by atoms with Crippen LogP contribution in [0.15, 0.2) is 23.5 Å². The minimum atomic E-state index is -3.45. The molecule has 1 saturated heterocycles. The molecule has 0 aromatic carbocycles. The Morgan fingerprint density at radius 1 is 1.38 bits per heavy atom. The topological polar surface area (TPSA) is 79.0 Å². The Hall–Kier alpha value is -0.960. The number of nitrogens with one attached hydrogen (secondary N) is 1. The monoisotopic (exact) mass is 346 g/mol. The molecule has 2 aromatic heterocycles. The summed E-state index contributed by atoms with van der Waals surface area (Å²) in [7, 11) is -3.45. The summed E-state index contributed by atoms with van der Waals surface area (Å²) in [5.41, 5.74) is -0.111. The lowest BCUT2D eigenvalue weighted by molar-refractivity contribution is 0.248. The maximum absolute atomic E-state index is 12.4. The number of hydrogen-bond acceptors (Lipinski definition) is 5. The third kappa shape index (κ3) is 2.73. The van der Waals surface area contributed by atoms with Gasteiger partial charge in [-0.15, -0.1) is 11.3 Å². The number of hydrogen-bond donors (Lipinski definition) is 1. The molecule has 0 amide bonds. The van der Waals surface area contributed by atoms with Crippen molar-refractivity contribution < 1.29 is 8.42 Å². The van der Waals surface area contributed by atoms with Crippen LogP contribution in [0.2, 0.25) is 4.34 Å². The number of nitrogens with zero attached hydrogens (tertiary/aromatic N) is 3. The third-order valence-electron chi connectivity index (χ3n) is 3.93. The first-order valence-corrected chi connectivity index (χ1v) is 9.16. The van der Waals surface area contributed by atoms with Gasteiger partial charge in [0.1, 0.15) is 9.23 Å². The molecule has 21 heavy (non-hydrogen) atoms. The van der Waals surface area contributed by atoms with Crippen molar-refractivity contribution in [3.8, 4) is 0 Å². The number of rotatable bonds is 3. The largest absolute Gasteiger partial charge is 0.284 e. The third-order valence-corrected chi connectivity index (χ3v) is 7.22. The zero-order valence-electron chi connectivity index (χ0n) is 11.4. The fourth-order valence-electron chi connectivity index (χ4n) is 2.50. The lowest BCUT2D eigenvalue weighted by Gasteiger charge is -2.37. The normalized spacial score (nSPS) is 19.7.